The average Bonchev–Trinajstić information content (AvgIpc) is 2.33. The van der Waals surface area contributed by atoms with Gasteiger partial charge in [0.15, 0.2) is 5.82 Å². The molecule has 106 valence electrons. The molecule has 1 aromatic heterocycles. The lowest BCUT2D eigenvalue weighted by molar-refractivity contribution is 0.0639. The van der Waals surface area contributed by atoms with E-state index in [2.05, 4.69) is 29.0 Å². The fraction of sp³-hybridized carbons (Fsp3) is 0.615. The van der Waals surface area contributed by atoms with Crippen molar-refractivity contribution in [2.75, 3.05) is 36.5 Å². The quantitative estimate of drug-likeness (QED) is 0.928. The van der Waals surface area contributed by atoms with Crippen LogP contribution in [0.5, 0.6) is 0 Å². The lowest BCUT2D eigenvalue weighted by Gasteiger charge is -2.43. The fourth-order valence-corrected chi connectivity index (χ4v) is 2.72. The van der Waals surface area contributed by atoms with Crippen molar-refractivity contribution in [1.29, 1.82) is 0 Å². The van der Waals surface area contributed by atoms with Crippen LogP contribution in [0, 0.1) is 0 Å². The molecule has 2 heterocycles. The number of hydrogen-bond acceptors (Lipinski definition) is 4. The van der Waals surface area contributed by atoms with Crippen LogP contribution in [0.15, 0.2) is 6.07 Å². The van der Waals surface area contributed by atoms with E-state index in [0.29, 0.717) is 29.1 Å². The molecule has 1 saturated heterocycles. The van der Waals surface area contributed by atoms with Gasteiger partial charge in [-0.05, 0) is 26.8 Å². The zero-order valence-electron chi connectivity index (χ0n) is 11.5. The van der Waals surface area contributed by atoms with E-state index in [4.69, 9.17) is 27.9 Å². The van der Waals surface area contributed by atoms with Gasteiger partial charge in [-0.15, -0.1) is 0 Å². The molecule has 1 aliphatic rings. The molecular formula is C13H19Cl2N3O. The number of aromatic nitrogens is 1. The standard InChI is InChI=1S/C13H19Cl2N3O/c1-4-16-11-9(14)7-10(15)12(17-11)18-5-6-19-8-13(18,2)3/h7H,4-6,8H2,1-3H3,(H,16,17). The summed E-state index contributed by atoms with van der Waals surface area (Å²) in [6.07, 6.45) is 0. The maximum atomic E-state index is 6.31. The number of morpholine rings is 1. The van der Waals surface area contributed by atoms with Crippen molar-refractivity contribution in [3.63, 3.8) is 0 Å². The lowest BCUT2D eigenvalue weighted by atomic mass is 10.0. The number of ether oxygens (including phenoxy) is 1. The van der Waals surface area contributed by atoms with Gasteiger partial charge in [-0.25, -0.2) is 4.98 Å². The first-order valence-corrected chi connectivity index (χ1v) is 7.16. The van der Waals surface area contributed by atoms with E-state index in [1.165, 1.54) is 0 Å². The predicted molar refractivity (Wildman–Crippen MR) is 80.7 cm³/mol. The Hall–Kier alpha value is -0.710. The molecule has 0 atom stereocenters. The minimum atomic E-state index is -0.133. The molecule has 1 aliphatic heterocycles. The molecule has 0 aromatic carbocycles. The molecule has 0 unspecified atom stereocenters. The van der Waals surface area contributed by atoms with E-state index in [0.717, 1.165) is 18.9 Å². The van der Waals surface area contributed by atoms with Crippen LogP contribution in [-0.2, 0) is 4.74 Å². The molecule has 0 aliphatic carbocycles. The summed E-state index contributed by atoms with van der Waals surface area (Å²) >= 11 is 12.4. The van der Waals surface area contributed by atoms with E-state index in [9.17, 15) is 0 Å². The summed E-state index contributed by atoms with van der Waals surface area (Å²) in [5, 5.41) is 4.26. The van der Waals surface area contributed by atoms with Crippen molar-refractivity contribution in [1.82, 2.24) is 4.98 Å². The highest BCUT2D eigenvalue weighted by molar-refractivity contribution is 6.37. The SMILES string of the molecule is CCNc1nc(N2CCOCC2(C)C)c(Cl)cc1Cl. The van der Waals surface area contributed by atoms with Gasteiger partial charge < -0.3 is 15.0 Å². The first-order chi connectivity index (χ1) is 8.95. The van der Waals surface area contributed by atoms with E-state index in [1.807, 2.05) is 6.92 Å². The molecule has 6 heteroatoms. The third kappa shape index (κ3) is 3.07. The number of rotatable bonds is 3. The van der Waals surface area contributed by atoms with Crippen molar-refractivity contribution in [2.45, 2.75) is 26.3 Å². The number of halogens is 2. The van der Waals surface area contributed by atoms with E-state index in [-0.39, 0.29) is 5.54 Å². The average molecular weight is 304 g/mol. The third-order valence-electron chi connectivity index (χ3n) is 3.16. The van der Waals surface area contributed by atoms with Crippen LogP contribution >= 0.6 is 23.2 Å². The van der Waals surface area contributed by atoms with Crippen LogP contribution in [0.25, 0.3) is 0 Å². The Balaban J connectivity index is 2.40. The van der Waals surface area contributed by atoms with Crippen molar-refractivity contribution >= 4 is 34.8 Å². The van der Waals surface area contributed by atoms with Crippen LogP contribution in [0.1, 0.15) is 20.8 Å². The summed E-state index contributed by atoms with van der Waals surface area (Å²) < 4.78 is 5.52. The molecule has 0 radical (unpaired) electrons. The molecule has 2 rings (SSSR count). The van der Waals surface area contributed by atoms with Crippen molar-refractivity contribution in [2.24, 2.45) is 0 Å². The Morgan fingerprint density at radius 1 is 1.42 bits per heavy atom. The molecule has 19 heavy (non-hydrogen) atoms. The van der Waals surface area contributed by atoms with Gasteiger partial charge in [0.2, 0.25) is 0 Å². The lowest BCUT2D eigenvalue weighted by Crippen LogP contribution is -2.53. The molecule has 0 bridgehead atoms. The van der Waals surface area contributed by atoms with Gasteiger partial charge >= 0.3 is 0 Å². The summed E-state index contributed by atoms with van der Waals surface area (Å²) in [5.74, 6) is 1.43. The zero-order chi connectivity index (χ0) is 14.0. The van der Waals surface area contributed by atoms with Gasteiger partial charge in [0.1, 0.15) is 5.82 Å². The molecular weight excluding hydrogens is 285 g/mol. The summed E-state index contributed by atoms with van der Waals surface area (Å²) in [6.45, 7) is 9.11. The van der Waals surface area contributed by atoms with Gasteiger partial charge in [-0.3, -0.25) is 0 Å². The van der Waals surface area contributed by atoms with Crippen molar-refractivity contribution in [3.05, 3.63) is 16.1 Å². The molecule has 4 nitrogen and oxygen atoms in total. The number of nitrogens with one attached hydrogen (secondary N) is 1. The molecule has 0 amide bonds. The maximum Gasteiger partial charge on any atom is 0.150 e. The number of pyridine rings is 1. The highest BCUT2D eigenvalue weighted by Crippen LogP contribution is 2.35. The van der Waals surface area contributed by atoms with Gasteiger partial charge in [0, 0.05) is 13.1 Å². The number of anilines is 2. The van der Waals surface area contributed by atoms with Crippen LogP contribution in [0.3, 0.4) is 0 Å². The van der Waals surface area contributed by atoms with Gasteiger partial charge in [0.25, 0.3) is 0 Å². The van der Waals surface area contributed by atoms with Gasteiger partial charge in [-0.1, -0.05) is 23.2 Å². The highest BCUT2D eigenvalue weighted by Gasteiger charge is 2.33. The predicted octanol–water partition coefficient (Wildman–Crippen LogP) is 3.44. The summed E-state index contributed by atoms with van der Waals surface area (Å²) in [4.78, 5) is 6.75. The number of nitrogens with zero attached hydrogens (tertiary/aromatic N) is 2. The largest absolute Gasteiger partial charge is 0.377 e. The maximum absolute atomic E-state index is 6.31. The number of hydrogen-bond donors (Lipinski definition) is 1. The van der Waals surface area contributed by atoms with Gasteiger partial charge in [0.05, 0.1) is 28.8 Å². The second kappa shape index (κ2) is 5.73. The monoisotopic (exact) mass is 303 g/mol. The molecule has 1 aromatic rings. The fourth-order valence-electron chi connectivity index (χ4n) is 2.19. The Morgan fingerprint density at radius 3 is 2.79 bits per heavy atom. The Morgan fingerprint density at radius 2 is 2.16 bits per heavy atom. The molecule has 1 N–H and O–H groups in total. The van der Waals surface area contributed by atoms with Crippen LogP contribution in [-0.4, -0.2) is 36.8 Å². The second-order valence-electron chi connectivity index (χ2n) is 5.17. The molecule has 1 fully saturated rings. The van der Waals surface area contributed by atoms with Crippen LogP contribution < -0.4 is 10.2 Å². The van der Waals surface area contributed by atoms with E-state index < -0.39 is 0 Å². The van der Waals surface area contributed by atoms with Crippen LogP contribution in [0.4, 0.5) is 11.6 Å². The second-order valence-corrected chi connectivity index (χ2v) is 5.99. The van der Waals surface area contributed by atoms with Gasteiger partial charge in [-0.2, -0.15) is 0 Å². The normalized spacial score (nSPS) is 18.5. The topological polar surface area (TPSA) is 37.4 Å². The first-order valence-electron chi connectivity index (χ1n) is 6.41. The summed E-state index contributed by atoms with van der Waals surface area (Å²) in [7, 11) is 0. The smallest absolute Gasteiger partial charge is 0.150 e. The molecule has 0 spiro atoms. The van der Waals surface area contributed by atoms with E-state index in [1.54, 1.807) is 6.07 Å². The highest BCUT2D eigenvalue weighted by atomic mass is 35.5. The van der Waals surface area contributed by atoms with E-state index >= 15 is 0 Å². The first kappa shape index (κ1) is 14.7. The minimum absolute atomic E-state index is 0.133. The summed E-state index contributed by atoms with van der Waals surface area (Å²) in [6, 6.07) is 1.75. The Bertz CT molecular complexity index is 465. The Kier molecular flexibility index (Phi) is 4.43. The summed E-state index contributed by atoms with van der Waals surface area (Å²) in [5.41, 5.74) is -0.133. The Labute approximate surface area is 124 Å². The third-order valence-corrected chi connectivity index (χ3v) is 3.72. The van der Waals surface area contributed by atoms with Crippen molar-refractivity contribution < 1.29 is 4.74 Å². The zero-order valence-corrected chi connectivity index (χ0v) is 13.0. The van der Waals surface area contributed by atoms with Crippen LogP contribution in [0.2, 0.25) is 10.0 Å². The minimum Gasteiger partial charge on any atom is -0.377 e. The van der Waals surface area contributed by atoms with Crippen molar-refractivity contribution in [3.8, 4) is 0 Å². The molecule has 0 saturated carbocycles.